The number of halogens is 2. The van der Waals surface area contributed by atoms with E-state index in [4.69, 9.17) is 5.10 Å². The molecule has 1 aromatic heterocycles. The van der Waals surface area contributed by atoms with E-state index in [1.54, 1.807) is 37.1 Å². The molecule has 8 nitrogen and oxygen atoms in total. The van der Waals surface area contributed by atoms with Gasteiger partial charge in [0.1, 0.15) is 0 Å². The number of carbonyl (C=O) groups excluding carboxylic acids is 1. The Hall–Kier alpha value is -3.40. The van der Waals surface area contributed by atoms with Crippen LogP contribution in [0.2, 0.25) is 0 Å². The predicted octanol–water partition coefficient (Wildman–Crippen LogP) is 5.89. The maximum absolute atomic E-state index is 14.5. The zero-order chi connectivity index (χ0) is 31.1. The second-order valence-corrected chi connectivity index (χ2v) is 13.8. The van der Waals surface area contributed by atoms with Crippen molar-refractivity contribution in [2.75, 3.05) is 37.6 Å². The fourth-order valence-electron chi connectivity index (χ4n) is 8.26. The SMILES string of the molecule is CC(=O)N1CCC2=C(C1)C(N1CCCc3cc(-c4cnn(C)c4)c(C(F)F)cc31)=N/[N+]2=C/C1CCC(CC2CCNCC2)CC1. The van der Waals surface area contributed by atoms with Crippen LogP contribution in [0.5, 0.6) is 0 Å². The Morgan fingerprint density at radius 2 is 1.87 bits per heavy atom. The number of aromatic nitrogens is 2. The number of fused-ring (bicyclic) bond motifs is 1. The molecule has 2 aromatic rings. The molecule has 10 heteroatoms. The minimum atomic E-state index is -2.62. The number of aryl methyl sites for hydroxylation is 2. The van der Waals surface area contributed by atoms with Crippen LogP contribution in [-0.4, -0.2) is 70.0 Å². The third-order valence-electron chi connectivity index (χ3n) is 10.8. The lowest BCUT2D eigenvalue weighted by Gasteiger charge is -2.33. The molecule has 1 amide bonds. The van der Waals surface area contributed by atoms with Crippen molar-refractivity contribution in [3.63, 3.8) is 0 Å². The molecular formula is C35H46F2N7O+. The first-order chi connectivity index (χ1) is 21.8. The lowest BCUT2D eigenvalue weighted by atomic mass is 9.77. The molecule has 1 N–H and O–H groups in total. The van der Waals surface area contributed by atoms with Crippen molar-refractivity contribution < 1.29 is 18.3 Å². The average molecular weight is 619 g/mol. The van der Waals surface area contributed by atoms with Crippen molar-refractivity contribution in [1.29, 1.82) is 0 Å². The summed E-state index contributed by atoms with van der Waals surface area (Å²) in [6.45, 7) is 5.82. The highest BCUT2D eigenvalue weighted by Gasteiger charge is 2.42. The van der Waals surface area contributed by atoms with Crippen molar-refractivity contribution in [2.24, 2.45) is 29.9 Å². The summed E-state index contributed by atoms with van der Waals surface area (Å²) in [6.07, 6.45) is 14.5. The van der Waals surface area contributed by atoms with Crippen LogP contribution in [0.15, 0.2) is 40.9 Å². The molecular weight excluding hydrogens is 572 g/mol. The van der Waals surface area contributed by atoms with Crippen LogP contribution in [0.4, 0.5) is 14.5 Å². The van der Waals surface area contributed by atoms with Gasteiger partial charge < -0.3 is 15.1 Å². The van der Waals surface area contributed by atoms with Crippen molar-refractivity contribution in [1.82, 2.24) is 20.0 Å². The smallest absolute Gasteiger partial charge is 0.264 e. The van der Waals surface area contributed by atoms with Gasteiger partial charge in [0.05, 0.1) is 24.7 Å². The second-order valence-electron chi connectivity index (χ2n) is 13.8. The van der Waals surface area contributed by atoms with E-state index in [2.05, 4.69) is 26.2 Å². The molecule has 4 aliphatic heterocycles. The number of hydrogen-bond acceptors (Lipinski definition) is 5. The van der Waals surface area contributed by atoms with Gasteiger partial charge in [0.15, 0.2) is 6.21 Å². The highest BCUT2D eigenvalue weighted by Crippen LogP contribution is 2.41. The van der Waals surface area contributed by atoms with E-state index < -0.39 is 6.43 Å². The lowest BCUT2D eigenvalue weighted by Crippen LogP contribution is -2.42. The summed E-state index contributed by atoms with van der Waals surface area (Å²) < 4.78 is 32.8. The van der Waals surface area contributed by atoms with E-state index in [-0.39, 0.29) is 11.5 Å². The van der Waals surface area contributed by atoms with Crippen molar-refractivity contribution in [3.8, 4) is 11.1 Å². The van der Waals surface area contributed by atoms with E-state index in [1.165, 1.54) is 44.9 Å². The Morgan fingerprint density at radius 1 is 1.09 bits per heavy atom. The molecule has 1 saturated carbocycles. The minimum absolute atomic E-state index is 0.0140. The number of nitrogens with zero attached hydrogens (tertiary/aromatic N) is 6. The van der Waals surface area contributed by atoms with Crippen LogP contribution < -0.4 is 10.2 Å². The Bertz CT molecular complexity index is 1530. The molecule has 240 valence electrons. The number of nitrogens with one attached hydrogen (secondary N) is 1. The summed E-state index contributed by atoms with van der Waals surface area (Å²) >= 11 is 0. The molecule has 0 unspecified atom stereocenters. The largest absolute Gasteiger partial charge is 0.338 e. The maximum Gasteiger partial charge on any atom is 0.264 e. The lowest BCUT2D eigenvalue weighted by molar-refractivity contribution is -0.479. The first-order valence-electron chi connectivity index (χ1n) is 17.0. The molecule has 5 heterocycles. The highest BCUT2D eigenvalue weighted by molar-refractivity contribution is 6.12. The maximum atomic E-state index is 14.5. The van der Waals surface area contributed by atoms with Crippen LogP contribution in [0.3, 0.4) is 0 Å². The number of hydrazone groups is 1. The molecule has 2 fully saturated rings. The number of amides is 1. The second kappa shape index (κ2) is 12.8. The number of benzene rings is 1. The zero-order valence-electron chi connectivity index (χ0n) is 26.7. The Labute approximate surface area is 264 Å². The summed E-state index contributed by atoms with van der Waals surface area (Å²) in [5.74, 6) is 3.03. The fraction of sp³-hybridized carbons (Fsp3) is 0.600. The molecule has 0 spiro atoms. The number of piperidine rings is 1. The van der Waals surface area contributed by atoms with Gasteiger partial charge in [-0.25, -0.2) is 8.78 Å². The molecule has 1 aliphatic carbocycles. The van der Waals surface area contributed by atoms with E-state index in [1.807, 2.05) is 11.0 Å². The third-order valence-corrected chi connectivity index (χ3v) is 10.8. The van der Waals surface area contributed by atoms with Gasteiger partial charge in [-0.15, -0.1) is 0 Å². The molecule has 1 saturated heterocycles. The number of anilines is 1. The van der Waals surface area contributed by atoms with E-state index in [0.717, 1.165) is 72.5 Å². The molecule has 45 heavy (non-hydrogen) atoms. The number of carbonyl (C=O) groups is 1. The summed E-state index contributed by atoms with van der Waals surface area (Å²) in [5.41, 5.74) is 5.31. The Morgan fingerprint density at radius 3 is 2.58 bits per heavy atom. The molecule has 1 aromatic carbocycles. The topological polar surface area (TPSA) is 68.8 Å². The normalized spacial score (nSPS) is 25.2. The standard InChI is InChI=1S/C35H46F2N7O/c1-23(45)42-15-11-32-31(22-42)35(40-44(32)20-26-7-5-24(6-8-26)16-25-9-12-38-13-10-25)43-14-3-4-27-17-29(28-19-39-41(2)21-28)30(34(36)37)18-33(27)43/h17-21,24-26,34,38H,3-16,22H2,1-2H3/q+1/b44-20+. The predicted molar refractivity (Wildman–Crippen MR) is 173 cm³/mol. The van der Waals surface area contributed by atoms with Gasteiger partial charge in [0, 0.05) is 61.1 Å². The summed E-state index contributed by atoms with van der Waals surface area (Å²) in [4.78, 5) is 16.5. The summed E-state index contributed by atoms with van der Waals surface area (Å²) in [5, 5.41) is 12.9. The first-order valence-corrected chi connectivity index (χ1v) is 17.0. The van der Waals surface area contributed by atoms with Crippen molar-refractivity contribution >= 4 is 23.6 Å². The number of rotatable bonds is 5. The first kappa shape index (κ1) is 30.3. The van der Waals surface area contributed by atoms with Crippen LogP contribution in [0.25, 0.3) is 11.1 Å². The zero-order valence-corrected chi connectivity index (χ0v) is 26.7. The van der Waals surface area contributed by atoms with Gasteiger partial charge in [-0.05, 0) is 106 Å². The third kappa shape index (κ3) is 6.22. The van der Waals surface area contributed by atoms with Crippen LogP contribution >= 0.6 is 0 Å². The average Bonchev–Trinajstić information content (AvgIpc) is 3.64. The summed E-state index contributed by atoms with van der Waals surface area (Å²) in [6, 6.07) is 3.60. The van der Waals surface area contributed by atoms with Crippen LogP contribution in [0.1, 0.15) is 82.3 Å². The van der Waals surface area contributed by atoms with Gasteiger partial charge in [0.2, 0.25) is 17.4 Å². The van der Waals surface area contributed by atoms with Gasteiger partial charge in [-0.1, -0.05) is 4.68 Å². The number of amidine groups is 1. The van der Waals surface area contributed by atoms with Crippen molar-refractivity contribution in [3.05, 3.63) is 46.9 Å². The van der Waals surface area contributed by atoms with E-state index in [0.29, 0.717) is 36.7 Å². The quantitative estimate of drug-likeness (QED) is 0.425. The molecule has 0 radical (unpaired) electrons. The van der Waals surface area contributed by atoms with E-state index >= 15 is 0 Å². The Kier molecular flexibility index (Phi) is 8.59. The summed E-state index contributed by atoms with van der Waals surface area (Å²) in [7, 11) is 1.80. The van der Waals surface area contributed by atoms with Crippen molar-refractivity contribution in [2.45, 2.75) is 77.6 Å². The fourth-order valence-corrected chi connectivity index (χ4v) is 8.26. The van der Waals surface area contributed by atoms with Crippen LogP contribution in [-0.2, 0) is 18.3 Å². The Balaban J connectivity index is 1.18. The number of alkyl halides is 2. The molecule has 7 rings (SSSR count). The van der Waals surface area contributed by atoms with Crippen LogP contribution in [0, 0.1) is 17.8 Å². The van der Waals surface area contributed by atoms with Gasteiger partial charge in [0.25, 0.3) is 6.43 Å². The minimum Gasteiger partial charge on any atom is -0.338 e. The molecule has 5 aliphatic rings. The highest BCUT2D eigenvalue weighted by atomic mass is 19.3. The molecule has 0 atom stereocenters. The van der Waals surface area contributed by atoms with E-state index in [9.17, 15) is 13.6 Å². The van der Waals surface area contributed by atoms with Gasteiger partial charge in [-0.2, -0.15) is 5.10 Å². The van der Waals surface area contributed by atoms with Gasteiger partial charge in [-0.3, -0.25) is 9.48 Å². The molecule has 0 bridgehead atoms. The number of hydrogen-bond donors (Lipinski definition) is 1. The monoisotopic (exact) mass is 618 g/mol. The van der Waals surface area contributed by atoms with Gasteiger partial charge >= 0.3 is 0 Å².